The zero-order valence-electron chi connectivity index (χ0n) is 15.0. The highest BCUT2D eigenvalue weighted by Gasteiger charge is 2.06. The fourth-order valence-corrected chi connectivity index (χ4v) is 3.14. The number of rotatable bonds is 8. The molecule has 5 heteroatoms. The monoisotopic (exact) mass is 445 g/mol. The van der Waals surface area contributed by atoms with E-state index < -0.39 is 0 Å². The third-order valence-electron chi connectivity index (χ3n) is 3.98. The van der Waals surface area contributed by atoms with E-state index in [1.54, 1.807) is 0 Å². The highest BCUT2D eigenvalue weighted by atomic mass is 79.9. The van der Waals surface area contributed by atoms with Crippen LogP contribution in [-0.4, -0.2) is 6.61 Å². The van der Waals surface area contributed by atoms with Gasteiger partial charge >= 0.3 is 0 Å². The van der Waals surface area contributed by atoms with Crippen molar-refractivity contribution in [1.29, 1.82) is 0 Å². The Kier molecular flexibility index (Phi) is 7.02. The Morgan fingerprint density at radius 2 is 1.67 bits per heavy atom. The van der Waals surface area contributed by atoms with E-state index in [1.807, 2.05) is 67.6 Å². The zero-order chi connectivity index (χ0) is 19.1. The van der Waals surface area contributed by atoms with Crippen LogP contribution in [0.2, 0.25) is 5.02 Å². The van der Waals surface area contributed by atoms with Crippen LogP contribution in [0.25, 0.3) is 0 Å². The lowest BCUT2D eigenvalue weighted by Crippen LogP contribution is -2.04. The van der Waals surface area contributed by atoms with Crippen molar-refractivity contribution in [3.8, 4) is 11.5 Å². The van der Waals surface area contributed by atoms with Gasteiger partial charge in [-0.2, -0.15) is 0 Å². The lowest BCUT2D eigenvalue weighted by molar-refractivity contribution is 0.303. The van der Waals surface area contributed by atoms with Gasteiger partial charge in [-0.05, 0) is 67.1 Å². The molecule has 3 aromatic carbocycles. The maximum absolute atomic E-state index is 6.03. The van der Waals surface area contributed by atoms with Crippen LogP contribution in [0.4, 0.5) is 5.69 Å². The molecule has 0 saturated carbocycles. The van der Waals surface area contributed by atoms with E-state index >= 15 is 0 Å². The molecule has 0 radical (unpaired) electrons. The molecule has 0 aromatic heterocycles. The Morgan fingerprint density at radius 1 is 0.926 bits per heavy atom. The Morgan fingerprint density at radius 3 is 2.37 bits per heavy atom. The zero-order valence-corrected chi connectivity index (χ0v) is 17.4. The van der Waals surface area contributed by atoms with Gasteiger partial charge in [-0.25, -0.2) is 0 Å². The molecule has 0 heterocycles. The van der Waals surface area contributed by atoms with E-state index in [1.165, 1.54) is 0 Å². The molecule has 0 aliphatic carbocycles. The normalized spacial score (nSPS) is 10.5. The number of ether oxygens (including phenoxy) is 2. The molecule has 0 spiro atoms. The van der Waals surface area contributed by atoms with Crippen molar-refractivity contribution in [2.75, 3.05) is 11.9 Å². The molecule has 0 saturated heterocycles. The Balaban J connectivity index is 1.65. The molecule has 3 aromatic rings. The molecular weight excluding hydrogens is 426 g/mol. The Bertz CT molecular complexity index is 866. The third kappa shape index (κ3) is 5.91. The molecule has 27 heavy (non-hydrogen) atoms. The SMILES string of the molecule is CCOc1ccc(NCc2cc(Br)ccc2OCc2ccc(Cl)cc2)cc1. The van der Waals surface area contributed by atoms with Crippen LogP contribution < -0.4 is 14.8 Å². The predicted octanol–water partition coefficient (Wildman–Crippen LogP) is 6.69. The summed E-state index contributed by atoms with van der Waals surface area (Å²) in [7, 11) is 0. The van der Waals surface area contributed by atoms with Gasteiger partial charge in [0.15, 0.2) is 0 Å². The van der Waals surface area contributed by atoms with E-state index in [4.69, 9.17) is 21.1 Å². The van der Waals surface area contributed by atoms with Gasteiger partial charge in [-0.15, -0.1) is 0 Å². The van der Waals surface area contributed by atoms with Crippen LogP contribution in [0.1, 0.15) is 18.1 Å². The van der Waals surface area contributed by atoms with Gasteiger partial charge in [-0.1, -0.05) is 39.7 Å². The average molecular weight is 447 g/mol. The van der Waals surface area contributed by atoms with Crippen molar-refractivity contribution in [3.05, 3.63) is 87.4 Å². The summed E-state index contributed by atoms with van der Waals surface area (Å²) in [5.41, 5.74) is 3.18. The molecule has 0 unspecified atom stereocenters. The van der Waals surface area contributed by atoms with Crippen LogP contribution in [0.5, 0.6) is 11.5 Å². The molecule has 140 valence electrons. The van der Waals surface area contributed by atoms with E-state index in [9.17, 15) is 0 Å². The van der Waals surface area contributed by atoms with Gasteiger partial charge in [0.1, 0.15) is 18.1 Å². The van der Waals surface area contributed by atoms with Crippen molar-refractivity contribution in [2.24, 2.45) is 0 Å². The first-order valence-corrected chi connectivity index (χ1v) is 9.93. The average Bonchev–Trinajstić information content (AvgIpc) is 2.68. The minimum absolute atomic E-state index is 0.495. The molecule has 3 nitrogen and oxygen atoms in total. The van der Waals surface area contributed by atoms with E-state index in [2.05, 4.69) is 27.3 Å². The molecule has 0 amide bonds. The van der Waals surface area contributed by atoms with Gasteiger partial charge < -0.3 is 14.8 Å². The summed E-state index contributed by atoms with van der Waals surface area (Å²) in [5, 5.41) is 4.15. The summed E-state index contributed by atoms with van der Waals surface area (Å²) in [6, 6.07) is 21.7. The topological polar surface area (TPSA) is 30.5 Å². The number of hydrogen-bond acceptors (Lipinski definition) is 3. The fourth-order valence-electron chi connectivity index (χ4n) is 2.60. The first-order chi connectivity index (χ1) is 13.1. The summed E-state index contributed by atoms with van der Waals surface area (Å²) in [5.74, 6) is 1.73. The van der Waals surface area contributed by atoms with Gasteiger partial charge in [0.2, 0.25) is 0 Å². The van der Waals surface area contributed by atoms with Crippen LogP contribution in [0.15, 0.2) is 71.2 Å². The Labute approximate surface area is 173 Å². The van der Waals surface area contributed by atoms with Crippen molar-refractivity contribution >= 4 is 33.2 Å². The highest BCUT2D eigenvalue weighted by molar-refractivity contribution is 9.10. The minimum atomic E-state index is 0.495. The number of nitrogens with one attached hydrogen (secondary N) is 1. The number of anilines is 1. The maximum Gasteiger partial charge on any atom is 0.124 e. The lowest BCUT2D eigenvalue weighted by atomic mass is 10.2. The smallest absolute Gasteiger partial charge is 0.124 e. The summed E-state index contributed by atoms with van der Waals surface area (Å²) in [6.07, 6.45) is 0. The summed E-state index contributed by atoms with van der Waals surface area (Å²) in [4.78, 5) is 0. The van der Waals surface area contributed by atoms with Gasteiger partial charge in [0.25, 0.3) is 0 Å². The Hall–Kier alpha value is -2.17. The maximum atomic E-state index is 6.03. The standard InChI is InChI=1S/C22H21BrClNO2/c1-2-26-21-10-8-20(9-11-21)25-14-17-13-18(23)5-12-22(17)27-15-16-3-6-19(24)7-4-16/h3-13,25H,2,14-15H2,1H3. The first-order valence-electron chi connectivity index (χ1n) is 8.76. The first kappa shape index (κ1) is 19.6. The summed E-state index contributed by atoms with van der Waals surface area (Å²) >= 11 is 9.47. The second-order valence-electron chi connectivity index (χ2n) is 5.98. The second-order valence-corrected chi connectivity index (χ2v) is 7.33. The predicted molar refractivity (Wildman–Crippen MR) is 115 cm³/mol. The van der Waals surface area contributed by atoms with Gasteiger partial charge in [-0.3, -0.25) is 0 Å². The fraction of sp³-hybridized carbons (Fsp3) is 0.182. The van der Waals surface area contributed by atoms with Crippen LogP contribution in [-0.2, 0) is 13.2 Å². The van der Waals surface area contributed by atoms with E-state index in [0.29, 0.717) is 19.8 Å². The molecule has 0 fully saturated rings. The molecule has 0 atom stereocenters. The van der Waals surface area contributed by atoms with Gasteiger partial charge in [0, 0.05) is 27.3 Å². The largest absolute Gasteiger partial charge is 0.494 e. The molecule has 1 N–H and O–H groups in total. The lowest BCUT2D eigenvalue weighted by Gasteiger charge is -2.14. The van der Waals surface area contributed by atoms with E-state index in [-0.39, 0.29) is 0 Å². The van der Waals surface area contributed by atoms with Gasteiger partial charge in [0.05, 0.1) is 6.61 Å². The van der Waals surface area contributed by atoms with Crippen molar-refractivity contribution in [3.63, 3.8) is 0 Å². The van der Waals surface area contributed by atoms with Crippen molar-refractivity contribution < 1.29 is 9.47 Å². The highest BCUT2D eigenvalue weighted by Crippen LogP contribution is 2.26. The van der Waals surface area contributed by atoms with E-state index in [0.717, 1.165) is 37.8 Å². The summed E-state index contributed by atoms with van der Waals surface area (Å²) < 4.78 is 12.5. The molecule has 0 aliphatic heterocycles. The quantitative estimate of drug-likeness (QED) is 0.418. The number of hydrogen-bond donors (Lipinski definition) is 1. The minimum Gasteiger partial charge on any atom is -0.494 e. The molecule has 3 rings (SSSR count). The van der Waals surface area contributed by atoms with Crippen LogP contribution >= 0.6 is 27.5 Å². The second kappa shape index (κ2) is 9.67. The summed E-state index contributed by atoms with van der Waals surface area (Å²) in [6.45, 7) is 3.79. The number of halogens is 2. The van der Waals surface area contributed by atoms with Crippen molar-refractivity contribution in [2.45, 2.75) is 20.1 Å². The molecule has 0 aliphatic rings. The third-order valence-corrected chi connectivity index (χ3v) is 4.72. The molecular formula is C22H21BrClNO2. The molecule has 0 bridgehead atoms. The van der Waals surface area contributed by atoms with Crippen molar-refractivity contribution in [1.82, 2.24) is 0 Å². The number of benzene rings is 3. The van der Waals surface area contributed by atoms with Crippen LogP contribution in [0, 0.1) is 0 Å². The van der Waals surface area contributed by atoms with Crippen LogP contribution in [0.3, 0.4) is 0 Å².